The molecule has 0 amide bonds. The lowest BCUT2D eigenvalue weighted by Gasteiger charge is -2.03. The summed E-state index contributed by atoms with van der Waals surface area (Å²) in [6, 6.07) is 3.93. The predicted octanol–water partition coefficient (Wildman–Crippen LogP) is 4.52. The van der Waals surface area contributed by atoms with E-state index < -0.39 is 11.6 Å². The highest BCUT2D eigenvalue weighted by molar-refractivity contribution is 7.15. The van der Waals surface area contributed by atoms with Crippen molar-refractivity contribution in [3.63, 3.8) is 0 Å². The van der Waals surface area contributed by atoms with Crippen molar-refractivity contribution >= 4 is 22.7 Å². The number of rotatable bonds is 6. The van der Waals surface area contributed by atoms with E-state index in [-0.39, 0.29) is 12.2 Å². The Labute approximate surface area is 146 Å². The van der Waals surface area contributed by atoms with Gasteiger partial charge >= 0.3 is 0 Å². The summed E-state index contributed by atoms with van der Waals surface area (Å²) >= 11 is 3.02. The molecular weight excluding hydrogens is 350 g/mol. The normalized spacial score (nSPS) is 11.2. The Balaban J connectivity index is 1.66. The second-order valence-electron chi connectivity index (χ2n) is 5.35. The summed E-state index contributed by atoms with van der Waals surface area (Å²) in [6.07, 6.45) is 1.62. The summed E-state index contributed by atoms with van der Waals surface area (Å²) in [5, 5.41) is 13.1. The van der Waals surface area contributed by atoms with Crippen LogP contribution in [0.25, 0.3) is 10.6 Å². The fourth-order valence-electron chi connectivity index (χ4n) is 2.50. The van der Waals surface area contributed by atoms with Gasteiger partial charge in [0.15, 0.2) is 0 Å². The highest BCUT2D eigenvalue weighted by Crippen LogP contribution is 2.31. The first-order valence-corrected chi connectivity index (χ1v) is 9.23. The van der Waals surface area contributed by atoms with Crippen molar-refractivity contribution in [2.75, 3.05) is 0 Å². The molecule has 3 rings (SSSR count). The van der Waals surface area contributed by atoms with Crippen molar-refractivity contribution in [2.24, 2.45) is 0 Å². The molecule has 0 atom stereocenters. The fraction of sp³-hybridized carbons (Fsp3) is 0.294. The molecule has 2 heterocycles. The summed E-state index contributed by atoms with van der Waals surface area (Å²) in [6.45, 7) is 1.78. The molecule has 1 N–H and O–H groups in total. The summed E-state index contributed by atoms with van der Waals surface area (Å²) in [5.74, 6) is -0.995. The van der Waals surface area contributed by atoms with Gasteiger partial charge in [-0.15, -0.1) is 22.7 Å². The second kappa shape index (κ2) is 7.46. The van der Waals surface area contributed by atoms with Gasteiger partial charge < -0.3 is 5.11 Å². The molecule has 24 heavy (non-hydrogen) atoms. The van der Waals surface area contributed by atoms with Gasteiger partial charge in [-0.2, -0.15) is 0 Å². The van der Waals surface area contributed by atoms with E-state index in [1.807, 2.05) is 12.3 Å². The lowest BCUT2D eigenvalue weighted by Crippen LogP contribution is -1.97. The van der Waals surface area contributed by atoms with Crippen molar-refractivity contribution < 1.29 is 13.9 Å². The Morgan fingerprint density at radius 1 is 1.12 bits per heavy atom. The lowest BCUT2D eigenvalue weighted by molar-refractivity contribution is 0.278. The van der Waals surface area contributed by atoms with Gasteiger partial charge in [0.1, 0.15) is 11.6 Å². The third kappa shape index (κ3) is 3.68. The molecule has 1 aromatic carbocycles. The molecule has 0 aliphatic carbocycles. The van der Waals surface area contributed by atoms with Gasteiger partial charge in [0.25, 0.3) is 0 Å². The maximum absolute atomic E-state index is 13.6. The number of aromatic nitrogens is 2. The zero-order valence-corrected chi connectivity index (χ0v) is 14.7. The minimum absolute atomic E-state index is 0.112. The van der Waals surface area contributed by atoms with Gasteiger partial charge in [0.2, 0.25) is 0 Å². The molecule has 0 bridgehead atoms. The maximum atomic E-state index is 13.6. The Hall–Kier alpha value is -1.70. The average Bonchev–Trinajstić information content (AvgIpc) is 3.16. The molecule has 0 spiro atoms. The van der Waals surface area contributed by atoms with Gasteiger partial charge in [-0.25, -0.2) is 18.7 Å². The number of benzene rings is 1. The van der Waals surface area contributed by atoms with E-state index in [1.54, 1.807) is 0 Å². The van der Waals surface area contributed by atoms with Crippen LogP contribution in [0.3, 0.4) is 0 Å². The van der Waals surface area contributed by atoms with Crippen molar-refractivity contribution in [1.82, 2.24) is 9.97 Å². The number of aliphatic hydroxyl groups excluding tert-OH is 1. The first kappa shape index (κ1) is 17.1. The first-order chi connectivity index (χ1) is 11.6. The van der Waals surface area contributed by atoms with Crippen LogP contribution in [0.4, 0.5) is 8.78 Å². The van der Waals surface area contributed by atoms with E-state index in [1.165, 1.54) is 40.9 Å². The number of halogens is 2. The monoisotopic (exact) mass is 366 g/mol. The van der Waals surface area contributed by atoms with Crippen molar-refractivity contribution in [1.29, 1.82) is 0 Å². The SMILES string of the molecule is Cc1nc(CO)c(-c2csc(CCCc3c(F)cccc3F)n2)s1. The van der Waals surface area contributed by atoms with Crippen LogP contribution in [0.5, 0.6) is 0 Å². The fourth-order valence-corrected chi connectivity index (χ4v) is 4.29. The molecule has 3 aromatic rings. The summed E-state index contributed by atoms with van der Waals surface area (Å²) < 4.78 is 27.2. The zero-order chi connectivity index (χ0) is 17.1. The van der Waals surface area contributed by atoms with Gasteiger partial charge in [-0.3, -0.25) is 0 Å². The lowest BCUT2D eigenvalue weighted by atomic mass is 10.1. The quantitative estimate of drug-likeness (QED) is 0.698. The van der Waals surface area contributed by atoms with Gasteiger partial charge in [0.05, 0.1) is 32.9 Å². The first-order valence-electron chi connectivity index (χ1n) is 7.53. The molecule has 0 radical (unpaired) electrons. The van der Waals surface area contributed by atoms with Crippen molar-refractivity contribution in [3.8, 4) is 10.6 Å². The minimum Gasteiger partial charge on any atom is -0.390 e. The van der Waals surface area contributed by atoms with Crippen LogP contribution in [-0.2, 0) is 19.4 Å². The molecule has 0 unspecified atom stereocenters. The molecule has 0 aliphatic heterocycles. The van der Waals surface area contributed by atoms with Crippen LogP contribution in [0.2, 0.25) is 0 Å². The van der Waals surface area contributed by atoms with E-state index in [0.29, 0.717) is 25.0 Å². The average molecular weight is 366 g/mol. The van der Waals surface area contributed by atoms with Gasteiger partial charge in [0, 0.05) is 10.9 Å². The molecule has 3 nitrogen and oxygen atoms in total. The summed E-state index contributed by atoms with van der Waals surface area (Å²) in [7, 11) is 0. The third-order valence-corrected chi connectivity index (χ3v) is 5.56. The minimum atomic E-state index is -0.498. The van der Waals surface area contributed by atoms with Gasteiger partial charge in [-0.05, 0) is 38.3 Å². The maximum Gasteiger partial charge on any atom is 0.129 e. The van der Waals surface area contributed by atoms with E-state index >= 15 is 0 Å². The second-order valence-corrected chi connectivity index (χ2v) is 7.49. The summed E-state index contributed by atoms with van der Waals surface area (Å²) in [4.78, 5) is 9.74. The van der Waals surface area contributed by atoms with E-state index in [4.69, 9.17) is 0 Å². The number of aryl methyl sites for hydroxylation is 2. The number of thiazole rings is 2. The number of nitrogens with zero attached hydrogens (tertiary/aromatic N) is 2. The van der Waals surface area contributed by atoms with Crippen LogP contribution in [-0.4, -0.2) is 15.1 Å². The van der Waals surface area contributed by atoms with Crippen LogP contribution in [0.15, 0.2) is 23.6 Å². The Morgan fingerprint density at radius 2 is 1.88 bits per heavy atom. The van der Waals surface area contributed by atoms with E-state index in [9.17, 15) is 13.9 Å². The van der Waals surface area contributed by atoms with Crippen LogP contribution in [0, 0.1) is 18.6 Å². The molecule has 0 saturated carbocycles. The number of hydrogen-bond donors (Lipinski definition) is 1. The zero-order valence-electron chi connectivity index (χ0n) is 13.1. The Bertz CT molecular complexity index is 825. The summed E-state index contributed by atoms with van der Waals surface area (Å²) in [5.41, 5.74) is 1.58. The number of aliphatic hydroxyl groups is 1. The van der Waals surface area contributed by atoms with Crippen LogP contribution < -0.4 is 0 Å². The molecule has 0 aliphatic rings. The topological polar surface area (TPSA) is 46.0 Å². The third-order valence-electron chi connectivity index (χ3n) is 3.62. The van der Waals surface area contributed by atoms with Gasteiger partial charge in [-0.1, -0.05) is 6.07 Å². The molecule has 126 valence electrons. The molecule has 0 fully saturated rings. The molecule has 0 saturated heterocycles. The standard InChI is InChI=1S/C17H16F2N2OS2/c1-10-20-14(8-22)17(24-10)15-9-23-16(21-15)7-2-4-11-12(18)5-3-6-13(11)19/h3,5-6,9,22H,2,4,7-8H2,1H3. The Morgan fingerprint density at radius 3 is 2.58 bits per heavy atom. The van der Waals surface area contributed by atoms with Crippen LogP contribution >= 0.6 is 22.7 Å². The number of hydrogen-bond acceptors (Lipinski definition) is 5. The Kier molecular flexibility index (Phi) is 5.33. The largest absolute Gasteiger partial charge is 0.390 e. The van der Waals surface area contributed by atoms with E-state index in [0.717, 1.165) is 20.6 Å². The smallest absolute Gasteiger partial charge is 0.129 e. The highest BCUT2D eigenvalue weighted by Gasteiger charge is 2.14. The van der Waals surface area contributed by atoms with Crippen LogP contribution in [0.1, 0.15) is 27.7 Å². The van der Waals surface area contributed by atoms with E-state index in [2.05, 4.69) is 9.97 Å². The molecular formula is C17H16F2N2OS2. The molecule has 7 heteroatoms. The van der Waals surface area contributed by atoms with Crippen molar-refractivity contribution in [2.45, 2.75) is 32.8 Å². The highest BCUT2D eigenvalue weighted by atomic mass is 32.1. The molecule has 2 aromatic heterocycles. The predicted molar refractivity (Wildman–Crippen MR) is 92.3 cm³/mol. The van der Waals surface area contributed by atoms with Crippen molar-refractivity contribution in [3.05, 3.63) is 56.5 Å².